The quantitative estimate of drug-likeness (QED) is 0.417. The molecule has 3 atom stereocenters. The Labute approximate surface area is 231 Å². The molecule has 0 radical (unpaired) electrons. The summed E-state index contributed by atoms with van der Waals surface area (Å²) in [5.41, 5.74) is 1.15. The summed E-state index contributed by atoms with van der Waals surface area (Å²) in [6, 6.07) is 10.6. The topological polar surface area (TPSA) is 78.5 Å². The zero-order valence-electron chi connectivity index (χ0n) is 24.1. The Morgan fingerprint density at radius 1 is 0.974 bits per heavy atom. The average Bonchev–Trinajstić information content (AvgIpc) is 3.04. The monoisotopic (exact) mass is 543 g/mol. The summed E-state index contributed by atoms with van der Waals surface area (Å²) in [4.78, 5) is 40.4. The summed E-state index contributed by atoms with van der Waals surface area (Å²) in [6.07, 6.45) is 3.91. The van der Waals surface area contributed by atoms with Crippen LogP contribution in [0.25, 0.3) is 0 Å². The van der Waals surface area contributed by atoms with Crippen LogP contribution in [0.3, 0.4) is 0 Å². The molecule has 0 aliphatic carbocycles. The molecule has 3 rings (SSSR count). The molecule has 3 amide bonds. The van der Waals surface area contributed by atoms with Gasteiger partial charge in [-0.3, -0.25) is 14.4 Å². The summed E-state index contributed by atoms with van der Waals surface area (Å²) in [6.45, 7) is 14.1. The molecule has 214 valence electrons. The maximum absolute atomic E-state index is 13.5. The second-order valence-electron chi connectivity index (χ2n) is 9.21. The van der Waals surface area contributed by atoms with Crippen LogP contribution in [0.5, 0.6) is 0 Å². The largest absolute Gasteiger partial charge is 0.344 e. The minimum atomic E-state index is -0.940. The number of carbonyl (C=O) groups excluding carboxylic acids is 3. The molecule has 0 saturated heterocycles. The fourth-order valence-electron chi connectivity index (χ4n) is 4.10. The van der Waals surface area contributed by atoms with E-state index in [0.717, 1.165) is 23.8 Å². The highest BCUT2D eigenvalue weighted by Crippen LogP contribution is 2.27. The van der Waals surface area contributed by atoms with Gasteiger partial charge in [-0.15, -0.1) is 0 Å². The number of nitrogens with one attached hydrogen (secondary N) is 2. The van der Waals surface area contributed by atoms with Crippen LogP contribution in [0, 0.1) is 17.6 Å². The predicted molar refractivity (Wildman–Crippen MR) is 152 cm³/mol. The molecule has 2 aromatic rings. The van der Waals surface area contributed by atoms with Gasteiger partial charge < -0.3 is 15.5 Å². The molecule has 1 heterocycles. The molecule has 0 aromatic heterocycles. The molecular formula is C31H43F2N3O3. The van der Waals surface area contributed by atoms with Gasteiger partial charge in [-0.2, -0.15) is 0 Å². The zero-order chi connectivity index (χ0) is 29.5. The third kappa shape index (κ3) is 10.6. The van der Waals surface area contributed by atoms with Gasteiger partial charge in [-0.25, -0.2) is 8.78 Å². The Balaban J connectivity index is 0.00000181. The lowest BCUT2D eigenvalue weighted by atomic mass is 10.0. The Hall–Kier alpha value is -3.55. The number of carbonyl (C=O) groups is 3. The lowest BCUT2D eigenvalue weighted by molar-refractivity contribution is -0.138. The third-order valence-corrected chi connectivity index (χ3v) is 5.68. The predicted octanol–water partition coefficient (Wildman–Crippen LogP) is 5.74. The number of hydrogen-bond acceptors (Lipinski definition) is 3. The van der Waals surface area contributed by atoms with E-state index in [9.17, 15) is 23.2 Å². The summed E-state index contributed by atoms with van der Waals surface area (Å²) >= 11 is 0. The number of benzene rings is 2. The molecular weight excluding hydrogens is 500 g/mol. The number of amides is 3. The van der Waals surface area contributed by atoms with E-state index in [2.05, 4.69) is 10.6 Å². The van der Waals surface area contributed by atoms with Gasteiger partial charge in [0.05, 0.1) is 12.5 Å². The molecule has 1 aliphatic heterocycles. The Kier molecular flexibility index (Phi) is 14.7. The second-order valence-corrected chi connectivity index (χ2v) is 9.21. The molecule has 6 nitrogen and oxygen atoms in total. The van der Waals surface area contributed by atoms with E-state index in [4.69, 9.17) is 0 Å². The molecule has 2 aromatic carbocycles. The fraction of sp³-hybridized carbons (Fsp3) is 0.452. The van der Waals surface area contributed by atoms with E-state index in [0.29, 0.717) is 13.0 Å². The van der Waals surface area contributed by atoms with Crippen molar-refractivity contribution in [3.8, 4) is 0 Å². The van der Waals surface area contributed by atoms with Crippen LogP contribution in [0.15, 0.2) is 60.7 Å². The highest BCUT2D eigenvalue weighted by Gasteiger charge is 2.33. The first-order chi connectivity index (χ1) is 18.6. The van der Waals surface area contributed by atoms with E-state index in [1.54, 1.807) is 4.90 Å². The van der Waals surface area contributed by atoms with Gasteiger partial charge in [-0.05, 0) is 42.5 Å². The first-order valence-corrected chi connectivity index (χ1v) is 13.7. The fourth-order valence-corrected chi connectivity index (χ4v) is 4.10. The van der Waals surface area contributed by atoms with Gasteiger partial charge in [0.2, 0.25) is 17.7 Å². The molecule has 2 unspecified atom stereocenters. The van der Waals surface area contributed by atoms with Crippen molar-refractivity contribution in [3.63, 3.8) is 0 Å². The van der Waals surface area contributed by atoms with Crippen molar-refractivity contribution >= 4 is 17.7 Å². The number of rotatable bonds is 8. The zero-order valence-corrected chi connectivity index (χ0v) is 24.1. The molecule has 0 bridgehead atoms. The minimum absolute atomic E-state index is 0.160. The molecule has 0 fully saturated rings. The summed E-state index contributed by atoms with van der Waals surface area (Å²) < 4.78 is 26.7. The van der Waals surface area contributed by atoms with Crippen molar-refractivity contribution < 1.29 is 23.2 Å². The van der Waals surface area contributed by atoms with Crippen molar-refractivity contribution in [2.24, 2.45) is 5.92 Å². The van der Waals surface area contributed by atoms with E-state index in [1.165, 1.54) is 6.92 Å². The highest BCUT2D eigenvalue weighted by atomic mass is 19.1. The SMILES string of the molecule is CC.CC.CC(C)CN1C(=O)C(NC(=O)C(C)NC(=O)Cc2cc(F)cc(F)c2)CC=C[C@H]1c1ccccc1. The van der Waals surface area contributed by atoms with Crippen LogP contribution in [-0.2, 0) is 20.8 Å². The molecule has 0 spiro atoms. The Bertz CT molecular complexity index is 1070. The van der Waals surface area contributed by atoms with E-state index >= 15 is 0 Å². The third-order valence-electron chi connectivity index (χ3n) is 5.68. The van der Waals surface area contributed by atoms with Gasteiger partial charge in [0.25, 0.3) is 0 Å². The number of nitrogens with zero attached hydrogens (tertiary/aromatic N) is 1. The van der Waals surface area contributed by atoms with E-state index in [-0.39, 0.29) is 29.9 Å². The van der Waals surface area contributed by atoms with Gasteiger partial charge >= 0.3 is 0 Å². The summed E-state index contributed by atoms with van der Waals surface area (Å²) in [7, 11) is 0. The van der Waals surface area contributed by atoms with Crippen molar-refractivity contribution in [3.05, 3.63) is 83.4 Å². The Morgan fingerprint density at radius 3 is 2.13 bits per heavy atom. The minimum Gasteiger partial charge on any atom is -0.344 e. The first kappa shape index (κ1) is 33.5. The highest BCUT2D eigenvalue weighted by molar-refractivity contribution is 5.92. The molecule has 1 aliphatic rings. The van der Waals surface area contributed by atoms with Crippen molar-refractivity contribution in [2.75, 3.05) is 6.54 Å². The van der Waals surface area contributed by atoms with Crippen LogP contribution in [0.2, 0.25) is 0 Å². The summed E-state index contributed by atoms with van der Waals surface area (Å²) in [5, 5.41) is 5.28. The van der Waals surface area contributed by atoms with Gasteiger partial charge in [0.1, 0.15) is 23.7 Å². The van der Waals surface area contributed by atoms with Crippen molar-refractivity contribution in [1.29, 1.82) is 0 Å². The van der Waals surface area contributed by atoms with Crippen LogP contribution in [-0.4, -0.2) is 41.2 Å². The normalized spacial score (nSPS) is 17.2. The van der Waals surface area contributed by atoms with Gasteiger partial charge in [0.15, 0.2) is 0 Å². The lowest BCUT2D eigenvalue weighted by Crippen LogP contribution is -2.53. The van der Waals surface area contributed by atoms with E-state index in [1.807, 2.05) is 84.0 Å². The smallest absolute Gasteiger partial charge is 0.246 e. The maximum Gasteiger partial charge on any atom is 0.246 e. The number of halogens is 2. The lowest BCUT2D eigenvalue weighted by Gasteiger charge is -2.33. The Morgan fingerprint density at radius 2 is 1.56 bits per heavy atom. The van der Waals surface area contributed by atoms with Crippen LogP contribution in [0.4, 0.5) is 8.78 Å². The molecule has 2 N–H and O–H groups in total. The van der Waals surface area contributed by atoms with Crippen molar-refractivity contribution in [2.45, 2.75) is 79.4 Å². The van der Waals surface area contributed by atoms with E-state index < -0.39 is 35.5 Å². The van der Waals surface area contributed by atoms with Gasteiger partial charge in [0, 0.05) is 12.6 Å². The molecule has 39 heavy (non-hydrogen) atoms. The maximum atomic E-state index is 13.5. The first-order valence-electron chi connectivity index (χ1n) is 13.7. The standard InChI is InChI=1S/C27H31F2N3O3.2C2H6/c1-17(2)16-32-24(20-8-5-4-6-9-20)11-7-10-23(27(32)35)31-26(34)18(3)30-25(33)14-19-12-21(28)15-22(29)13-19;2*1-2/h4-9,11-13,15,17-18,23-24H,10,14,16H2,1-3H3,(H,30,33)(H,31,34);2*1-2H3/t18?,23?,24-;;/m0../s1. The molecule has 8 heteroatoms. The number of hydrogen-bond donors (Lipinski definition) is 2. The average molecular weight is 544 g/mol. The van der Waals surface area contributed by atoms with Gasteiger partial charge in [-0.1, -0.05) is 84.0 Å². The van der Waals surface area contributed by atoms with Crippen LogP contribution >= 0.6 is 0 Å². The van der Waals surface area contributed by atoms with Crippen molar-refractivity contribution in [1.82, 2.24) is 15.5 Å². The van der Waals surface area contributed by atoms with Crippen LogP contribution in [0.1, 0.15) is 72.1 Å². The second kappa shape index (κ2) is 17.1. The molecule has 0 saturated carbocycles. The summed E-state index contributed by atoms with van der Waals surface area (Å²) in [5.74, 6) is -2.61. The van der Waals surface area contributed by atoms with Crippen LogP contribution < -0.4 is 10.6 Å².